The Hall–Kier alpha value is -2.83. The minimum atomic E-state index is -4.42. The third-order valence-corrected chi connectivity index (χ3v) is 6.72. The molecule has 4 rings (SSSR count). The van der Waals surface area contributed by atoms with Gasteiger partial charge in [0.05, 0.1) is 12.0 Å². The van der Waals surface area contributed by atoms with Crippen molar-refractivity contribution in [3.8, 4) is 0 Å². The van der Waals surface area contributed by atoms with Crippen molar-refractivity contribution in [2.24, 2.45) is 11.3 Å². The maximum atomic E-state index is 12.9. The average molecular weight is 444 g/mol. The third kappa shape index (κ3) is 4.81. The highest BCUT2D eigenvalue weighted by molar-refractivity contribution is 5.95. The zero-order chi connectivity index (χ0) is 23.1. The highest BCUT2D eigenvalue weighted by Crippen LogP contribution is 2.59. The first-order valence-electron chi connectivity index (χ1n) is 10.9. The summed E-state index contributed by atoms with van der Waals surface area (Å²) in [7, 11) is 0. The Labute approximate surface area is 185 Å². The summed E-state index contributed by atoms with van der Waals surface area (Å²) < 4.78 is 38.7. The largest absolute Gasteiger partial charge is 0.416 e. The van der Waals surface area contributed by atoms with Crippen LogP contribution in [0.1, 0.15) is 41.5 Å². The van der Waals surface area contributed by atoms with Crippen LogP contribution in [0.25, 0.3) is 0 Å². The van der Waals surface area contributed by atoms with E-state index in [-0.39, 0.29) is 29.6 Å². The van der Waals surface area contributed by atoms with Crippen LogP contribution >= 0.6 is 0 Å². The van der Waals surface area contributed by atoms with Crippen LogP contribution in [0.5, 0.6) is 0 Å². The van der Waals surface area contributed by atoms with Gasteiger partial charge in [0.2, 0.25) is 11.8 Å². The number of benzene rings is 2. The van der Waals surface area contributed by atoms with Crippen LogP contribution in [0.2, 0.25) is 0 Å². The van der Waals surface area contributed by atoms with E-state index in [0.29, 0.717) is 18.7 Å². The molecule has 2 aliphatic rings. The second kappa shape index (κ2) is 8.26. The molecule has 170 valence electrons. The fraction of sp³-hybridized carbons (Fsp3) is 0.440. The molecular formula is C25H27F3N2O2. The molecule has 1 saturated carbocycles. The van der Waals surface area contributed by atoms with Crippen molar-refractivity contribution < 1.29 is 22.8 Å². The lowest BCUT2D eigenvalue weighted by atomic mass is 9.90. The fourth-order valence-corrected chi connectivity index (χ4v) is 4.89. The monoisotopic (exact) mass is 444 g/mol. The Bertz CT molecular complexity index is 1020. The summed E-state index contributed by atoms with van der Waals surface area (Å²) >= 11 is 0. The highest BCUT2D eigenvalue weighted by atomic mass is 19.4. The summed E-state index contributed by atoms with van der Waals surface area (Å²) in [6, 6.07) is 10.9. The number of amides is 2. The van der Waals surface area contributed by atoms with Crippen LogP contribution in [0.3, 0.4) is 0 Å². The van der Waals surface area contributed by atoms with E-state index < -0.39 is 11.7 Å². The number of nitrogens with one attached hydrogen (secondary N) is 1. The normalized spacial score (nSPS) is 19.7. The fourth-order valence-electron chi connectivity index (χ4n) is 4.89. The van der Waals surface area contributed by atoms with Crippen molar-refractivity contribution in [3.63, 3.8) is 0 Å². The van der Waals surface area contributed by atoms with Gasteiger partial charge in [0, 0.05) is 24.7 Å². The number of nitrogens with zero attached hydrogens (tertiary/aromatic N) is 1. The first-order chi connectivity index (χ1) is 15.1. The van der Waals surface area contributed by atoms with Gasteiger partial charge in [-0.15, -0.1) is 0 Å². The Morgan fingerprint density at radius 2 is 1.72 bits per heavy atom. The molecule has 1 heterocycles. The van der Waals surface area contributed by atoms with Crippen LogP contribution < -0.4 is 5.32 Å². The number of carbonyl (C=O) groups is 2. The zero-order valence-corrected chi connectivity index (χ0v) is 18.3. The molecule has 0 bridgehead atoms. The van der Waals surface area contributed by atoms with Gasteiger partial charge in [-0.2, -0.15) is 13.2 Å². The quantitative estimate of drug-likeness (QED) is 0.711. The number of rotatable bonds is 4. The Morgan fingerprint density at radius 1 is 1.06 bits per heavy atom. The number of carbonyl (C=O) groups excluding carboxylic acids is 2. The average Bonchev–Trinajstić information content (AvgIpc) is 3.40. The van der Waals surface area contributed by atoms with E-state index in [1.165, 1.54) is 6.07 Å². The minimum absolute atomic E-state index is 0.0266. The molecule has 0 aromatic heterocycles. The molecule has 0 radical (unpaired) electrons. The number of alkyl halides is 3. The third-order valence-electron chi connectivity index (χ3n) is 6.72. The molecule has 7 heteroatoms. The Kier molecular flexibility index (Phi) is 5.77. The molecule has 1 atom stereocenters. The number of aryl methyl sites for hydroxylation is 2. The maximum Gasteiger partial charge on any atom is 0.416 e. The molecule has 2 fully saturated rings. The standard InChI is InChI=1S/C25H27F3N2O2/c1-16-10-17(2)12-20(11-16)29-23(32)21-15-24(21)6-8-30(9-7-24)22(31)14-18-4-3-5-19(13-18)25(26,27)28/h3-5,10-13,21H,6-9,14-15H2,1-2H3,(H,29,32)/t21-/m0/s1. The molecule has 1 N–H and O–H groups in total. The molecule has 2 aromatic carbocycles. The van der Waals surface area contributed by atoms with Gasteiger partial charge in [-0.1, -0.05) is 24.3 Å². The topological polar surface area (TPSA) is 49.4 Å². The van der Waals surface area contributed by atoms with Crippen LogP contribution in [-0.4, -0.2) is 29.8 Å². The van der Waals surface area contributed by atoms with E-state index in [0.717, 1.165) is 48.2 Å². The molecule has 1 aliphatic heterocycles. The van der Waals surface area contributed by atoms with Gasteiger partial charge in [-0.3, -0.25) is 9.59 Å². The lowest BCUT2D eigenvalue weighted by Gasteiger charge is -2.33. The predicted octanol–water partition coefficient (Wildman–Crippen LogP) is 5.13. The van der Waals surface area contributed by atoms with Gasteiger partial charge in [-0.25, -0.2) is 0 Å². The van der Waals surface area contributed by atoms with E-state index >= 15 is 0 Å². The van der Waals surface area contributed by atoms with Gasteiger partial charge < -0.3 is 10.2 Å². The number of halogens is 3. The smallest absolute Gasteiger partial charge is 0.342 e. The summed E-state index contributed by atoms with van der Waals surface area (Å²) in [4.78, 5) is 27.1. The van der Waals surface area contributed by atoms with Gasteiger partial charge in [-0.05, 0) is 73.4 Å². The lowest BCUT2D eigenvalue weighted by molar-refractivity contribution is -0.138. The SMILES string of the molecule is Cc1cc(C)cc(NC(=O)[C@@H]2CC23CCN(C(=O)Cc2cccc(C(F)(F)F)c2)CC3)c1. The molecule has 1 spiro atoms. The van der Waals surface area contributed by atoms with Crippen LogP contribution in [0, 0.1) is 25.2 Å². The second-order valence-corrected chi connectivity index (χ2v) is 9.24. The van der Waals surface area contributed by atoms with Crippen molar-refractivity contribution in [2.45, 2.75) is 45.7 Å². The lowest BCUT2D eigenvalue weighted by Crippen LogP contribution is -2.41. The summed E-state index contributed by atoms with van der Waals surface area (Å²) in [6.45, 7) is 5.05. The molecule has 1 aliphatic carbocycles. The first-order valence-corrected chi connectivity index (χ1v) is 10.9. The van der Waals surface area contributed by atoms with Crippen molar-refractivity contribution in [1.82, 2.24) is 4.90 Å². The van der Waals surface area contributed by atoms with Gasteiger partial charge in [0.1, 0.15) is 0 Å². The van der Waals surface area contributed by atoms with E-state index in [4.69, 9.17) is 0 Å². The molecule has 1 saturated heterocycles. The molecule has 2 aromatic rings. The molecule has 2 amide bonds. The van der Waals surface area contributed by atoms with Crippen LogP contribution in [0.4, 0.5) is 18.9 Å². The molecule has 0 unspecified atom stereocenters. The molecule has 4 nitrogen and oxygen atoms in total. The first kappa shape index (κ1) is 22.4. The number of piperidine rings is 1. The number of hydrogen-bond donors (Lipinski definition) is 1. The van der Waals surface area contributed by atoms with Crippen molar-refractivity contribution in [1.29, 1.82) is 0 Å². The maximum absolute atomic E-state index is 12.9. The summed E-state index contributed by atoms with van der Waals surface area (Å²) in [5.41, 5.74) is 2.56. The van der Waals surface area contributed by atoms with Crippen molar-refractivity contribution in [2.75, 3.05) is 18.4 Å². The molecule has 32 heavy (non-hydrogen) atoms. The highest BCUT2D eigenvalue weighted by Gasteiger charge is 2.58. The second-order valence-electron chi connectivity index (χ2n) is 9.24. The predicted molar refractivity (Wildman–Crippen MR) is 116 cm³/mol. The van der Waals surface area contributed by atoms with Crippen LogP contribution in [-0.2, 0) is 22.2 Å². The number of hydrogen-bond acceptors (Lipinski definition) is 2. The van der Waals surface area contributed by atoms with Gasteiger partial charge in [0.15, 0.2) is 0 Å². The zero-order valence-electron chi connectivity index (χ0n) is 18.3. The number of likely N-dealkylation sites (tertiary alicyclic amines) is 1. The Balaban J connectivity index is 1.31. The summed E-state index contributed by atoms with van der Waals surface area (Å²) in [5, 5.41) is 3.03. The van der Waals surface area contributed by atoms with E-state index in [1.54, 1.807) is 11.0 Å². The van der Waals surface area contributed by atoms with Crippen molar-refractivity contribution >= 4 is 17.5 Å². The summed E-state index contributed by atoms with van der Waals surface area (Å²) in [6.07, 6.45) is -2.17. The van der Waals surface area contributed by atoms with Gasteiger partial charge in [0.25, 0.3) is 0 Å². The minimum Gasteiger partial charge on any atom is -0.342 e. The van der Waals surface area contributed by atoms with E-state index in [1.807, 2.05) is 26.0 Å². The van der Waals surface area contributed by atoms with Crippen LogP contribution in [0.15, 0.2) is 42.5 Å². The van der Waals surface area contributed by atoms with Gasteiger partial charge >= 0.3 is 6.18 Å². The van der Waals surface area contributed by atoms with E-state index in [9.17, 15) is 22.8 Å². The van der Waals surface area contributed by atoms with E-state index in [2.05, 4.69) is 11.4 Å². The Morgan fingerprint density at radius 3 is 2.34 bits per heavy atom. The number of anilines is 1. The molecular weight excluding hydrogens is 417 g/mol. The summed E-state index contributed by atoms with van der Waals surface area (Å²) in [5.74, 6) is -0.196. The van der Waals surface area contributed by atoms with Crippen molar-refractivity contribution in [3.05, 3.63) is 64.7 Å².